The van der Waals surface area contributed by atoms with Gasteiger partial charge in [0.1, 0.15) is 12.3 Å². The lowest BCUT2D eigenvalue weighted by Crippen LogP contribution is -2.34. The van der Waals surface area contributed by atoms with Gasteiger partial charge in [0, 0.05) is 15.7 Å². The molecular weight excluding hydrogens is 524 g/mol. The molecule has 1 fully saturated rings. The minimum absolute atomic E-state index is 0.136. The number of carbonyl (C=O) groups is 4. The fourth-order valence-corrected chi connectivity index (χ4v) is 4.28. The summed E-state index contributed by atoms with van der Waals surface area (Å²) < 4.78 is 11.3. The Hall–Kier alpha value is -3.11. The zero-order valence-electron chi connectivity index (χ0n) is 18.8. The maximum atomic E-state index is 12.7. The van der Waals surface area contributed by atoms with Crippen molar-refractivity contribution in [2.45, 2.75) is 20.8 Å². The Morgan fingerprint density at radius 3 is 2.65 bits per heavy atom. The van der Waals surface area contributed by atoms with Crippen molar-refractivity contribution in [2.75, 3.05) is 25.1 Å². The van der Waals surface area contributed by atoms with Crippen molar-refractivity contribution in [1.29, 1.82) is 0 Å². The van der Waals surface area contributed by atoms with E-state index in [1.54, 1.807) is 25.1 Å². The molecule has 1 saturated heterocycles. The molecule has 178 valence electrons. The van der Waals surface area contributed by atoms with Gasteiger partial charge in [-0.25, -0.2) is 0 Å². The number of thioether (sulfide) groups is 1. The molecule has 1 heterocycles. The van der Waals surface area contributed by atoms with E-state index in [0.717, 1.165) is 32.3 Å². The first-order chi connectivity index (χ1) is 16.2. The van der Waals surface area contributed by atoms with Gasteiger partial charge in [-0.15, -0.1) is 0 Å². The Morgan fingerprint density at radius 1 is 1.15 bits per heavy atom. The molecule has 3 rings (SSSR count). The fraction of sp³-hybridized carbons (Fsp3) is 0.250. The van der Waals surface area contributed by atoms with Crippen molar-refractivity contribution in [3.63, 3.8) is 0 Å². The van der Waals surface area contributed by atoms with Crippen molar-refractivity contribution in [3.05, 3.63) is 62.5 Å². The molecule has 1 aliphatic heterocycles. The molecule has 0 atom stereocenters. The van der Waals surface area contributed by atoms with E-state index in [1.165, 1.54) is 6.08 Å². The lowest BCUT2D eigenvalue weighted by molar-refractivity contribution is -0.146. The summed E-state index contributed by atoms with van der Waals surface area (Å²) in [6.07, 6.45) is 1.50. The van der Waals surface area contributed by atoms with Crippen LogP contribution < -0.4 is 10.1 Å². The number of benzene rings is 2. The van der Waals surface area contributed by atoms with Gasteiger partial charge in [0.25, 0.3) is 17.1 Å². The maximum absolute atomic E-state index is 12.7. The zero-order valence-corrected chi connectivity index (χ0v) is 21.2. The number of nitrogens with one attached hydrogen (secondary N) is 1. The smallest absolute Gasteiger partial charge is 0.326 e. The quantitative estimate of drug-likeness (QED) is 0.378. The maximum Gasteiger partial charge on any atom is 0.326 e. The van der Waals surface area contributed by atoms with Crippen LogP contribution in [0.3, 0.4) is 0 Å². The summed E-state index contributed by atoms with van der Waals surface area (Å²) in [7, 11) is 0. The molecule has 0 aromatic heterocycles. The van der Waals surface area contributed by atoms with Crippen LogP contribution in [0.2, 0.25) is 0 Å². The highest BCUT2D eigenvalue weighted by Gasteiger charge is 2.36. The lowest BCUT2D eigenvalue weighted by atomic mass is 10.1. The first-order valence-electron chi connectivity index (χ1n) is 10.4. The summed E-state index contributed by atoms with van der Waals surface area (Å²) in [6, 6.07) is 10.9. The molecule has 1 aliphatic rings. The summed E-state index contributed by atoms with van der Waals surface area (Å²) in [5.74, 6) is -1.23. The van der Waals surface area contributed by atoms with Crippen LogP contribution in [0.5, 0.6) is 5.75 Å². The second kappa shape index (κ2) is 11.3. The number of amides is 3. The van der Waals surface area contributed by atoms with E-state index in [9.17, 15) is 19.2 Å². The number of nitrogens with zero attached hydrogens (tertiary/aromatic N) is 1. The minimum Gasteiger partial charge on any atom is -0.483 e. The molecule has 2 aromatic rings. The van der Waals surface area contributed by atoms with Crippen molar-refractivity contribution < 1.29 is 28.7 Å². The van der Waals surface area contributed by atoms with E-state index < -0.39 is 23.7 Å². The number of aryl methyl sites for hydroxylation is 2. The third-order valence-electron chi connectivity index (χ3n) is 4.75. The number of carbonyl (C=O) groups excluding carboxylic acids is 4. The average molecular weight is 547 g/mol. The van der Waals surface area contributed by atoms with Gasteiger partial charge in [0.05, 0.1) is 11.5 Å². The molecule has 8 nitrogen and oxygen atoms in total. The van der Waals surface area contributed by atoms with Gasteiger partial charge in [0.2, 0.25) is 0 Å². The Bertz CT molecular complexity index is 1180. The molecule has 0 unspecified atom stereocenters. The summed E-state index contributed by atoms with van der Waals surface area (Å²) in [4.78, 5) is 50.1. The zero-order chi connectivity index (χ0) is 24.8. The van der Waals surface area contributed by atoms with Crippen LogP contribution in [-0.4, -0.2) is 47.7 Å². The summed E-state index contributed by atoms with van der Waals surface area (Å²) in [6.45, 7) is 4.94. The molecule has 0 bridgehead atoms. The van der Waals surface area contributed by atoms with Gasteiger partial charge < -0.3 is 14.8 Å². The van der Waals surface area contributed by atoms with Crippen LogP contribution in [0, 0.1) is 13.8 Å². The third-order valence-corrected chi connectivity index (χ3v) is 6.15. The molecule has 0 spiro atoms. The predicted octanol–water partition coefficient (Wildman–Crippen LogP) is 4.68. The lowest BCUT2D eigenvalue weighted by Gasteiger charge is -2.12. The molecule has 0 saturated carbocycles. The largest absolute Gasteiger partial charge is 0.483 e. The number of halogens is 1. The van der Waals surface area contributed by atoms with Gasteiger partial charge in [-0.1, -0.05) is 28.1 Å². The first kappa shape index (κ1) is 25.5. The number of esters is 1. The molecular formula is C24H23BrN2O6S. The Labute approximate surface area is 209 Å². The third kappa shape index (κ3) is 6.48. The van der Waals surface area contributed by atoms with E-state index in [0.29, 0.717) is 17.0 Å². The fourth-order valence-electron chi connectivity index (χ4n) is 3.08. The summed E-state index contributed by atoms with van der Waals surface area (Å²) in [5, 5.41) is 2.27. The molecule has 10 heteroatoms. The predicted molar refractivity (Wildman–Crippen MR) is 133 cm³/mol. The van der Waals surface area contributed by atoms with Crippen LogP contribution in [0.4, 0.5) is 10.5 Å². The summed E-state index contributed by atoms with van der Waals surface area (Å²) in [5.41, 5.74) is 3.16. The van der Waals surface area contributed by atoms with Crippen LogP contribution in [-0.2, 0) is 19.1 Å². The van der Waals surface area contributed by atoms with Crippen LogP contribution in [0.1, 0.15) is 23.6 Å². The minimum atomic E-state index is -0.660. The first-order valence-corrected chi connectivity index (χ1v) is 12.0. The highest BCUT2D eigenvalue weighted by molar-refractivity contribution is 9.10. The second-order valence-electron chi connectivity index (χ2n) is 7.41. The number of hydrogen-bond donors (Lipinski definition) is 1. The number of imide groups is 1. The Kier molecular flexibility index (Phi) is 8.51. The van der Waals surface area contributed by atoms with Crippen molar-refractivity contribution in [3.8, 4) is 5.75 Å². The summed E-state index contributed by atoms with van der Waals surface area (Å²) >= 11 is 4.10. The van der Waals surface area contributed by atoms with E-state index >= 15 is 0 Å². The van der Waals surface area contributed by atoms with E-state index in [4.69, 9.17) is 9.47 Å². The van der Waals surface area contributed by atoms with Crippen molar-refractivity contribution in [2.24, 2.45) is 0 Å². The Morgan fingerprint density at radius 2 is 1.91 bits per heavy atom. The van der Waals surface area contributed by atoms with E-state index in [-0.39, 0.29) is 24.0 Å². The van der Waals surface area contributed by atoms with Gasteiger partial charge in [0.15, 0.2) is 6.61 Å². The van der Waals surface area contributed by atoms with Crippen molar-refractivity contribution >= 4 is 62.5 Å². The Balaban J connectivity index is 1.73. The molecule has 0 aliphatic carbocycles. The number of ether oxygens (including phenoxy) is 2. The normalized spacial score (nSPS) is 14.5. The topological polar surface area (TPSA) is 102 Å². The number of hydrogen-bond acceptors (Lipinski definition) is 7. The molecule has 0 radical (unpaired) electrons. The molecule has 3 amide bonds. The van der Waals surface area contributed by atoms with Gasteiger partial charge >= 0.3 is 5.97 Å². The number of rotatable bonds is 8. The van der Waals surface area contributed by atoms with Crippen LogP contribution >= 0.6 is 27.7 Å². The molecule has 34 heavy (non-hydrogen) atoms. The molecule has 1 N–H and O–H groups in total. The van der Waals surface area contributed by atoms with E-state index in [1.807, 2.05) is 32.0 Å². The van der Waals surface area contributed by atoms with Crippen molar-refractivity contribution in [1.82, 2.24) is 4.90 Å². The highest BCUT2D eigenvalue weighted by Crippen LogP contribution is 2.35. The highest BCUT2D eigenvalue weighted by atomic mass is 79.9. The van der Waals surface area contributed by atoms with Crippen LogP contribution in [0.25, 0.3) is 6.08 Å². The second-order valence-corrected chi connectivity index (χ2v) is 9.32. The van der Waals surface area contributed by atoms with Gasteiger partial charge in [-0.2, -0.15) is 0 Å². The van der Waals surface area contributed by atoms with Crippen LogP contribution in [0.15, 0.2) is 45.8 Å². The molecule has 2 aromatic carbocycles. The average Bonchev–Trinajstić information content (AvgIpc) is 3.03. The van der Waals surface area contributed by atoms with Gasteiger partial charge in [-0.3, -0.25) is 24.1 Å². The SMILES string of the molecule is CCOC(=O)CN1C(=O)S/C(=C\c2cc(Br)ccc2OCC(=O)Nc2cc(C)ccc2C)C1=O. The van der Waals surface area contributed by atoms with E-state index in [2.05, 4.69) is 21.2 Å². The number of anilines is 1. The van der Waals surface area contributed by atoms with Gasteiger partial charge in [-0.05, 0) is 74.0 Å². The monoisotopic (exact) mass is 546 g/mol. The standard InChI is InChI=1S/C24H23BrN2O6S/c1-4-32-22(29)12-27-23(30)20(34-24(27)31)11-16-10-17(25)7-8-19(16)33-13-21(28)26-18-9-14(2)5-6-15(18)3/h5-11H,4,12-13H2,1-3H3,(H,26,28)/b20-11-.